The van der Waals surface area contributed by atoms with Crippen LogP contribution in [0.15, 0.2) is 47.4 Å². The Morgan fingerprint density at radius 3 is 2.66 bits per heavy atom. The first-order valence-electron chi connectivity index (χ1n) is 9.47. The van der Waals surface area contributed by atoms with Crippen LogP contribution in [0.25, 0.3) is 0 Å². The number of hydrogen-bond donors (Lipinski definition) is 1. The first-order chi connectivity index (χ1) is 13.8. The molecule has 154 valence electrons. The molecule has 2 aromatic carbocycles. The fraction of sp³-hybridized carbons (Fsp3) is 0.381. The molecular weight excluding hydrogens is 410 g/mol. The smallest absolute Gasteiger partial charge is 0.242 e. The Kier molecular flexibility index (Phi) is 6.81. The third-order valence-corrected chi connectivity index (χ3v) is 6.65. The maximum Gasteiger partial charge on any atom is 0.242 e. The van der Waals surface area contributed by atoms with Crippen LogP contribution < -0.4 is 9.46 Å². The molecule has 0 amide bonds. The van der Waals surface area contributed by atoms with E-state index < -0.39 is 10.0 Å². The number of nitrogens with zero attached hydrogens (tertiary/aromatic N) is 2. The summed E-state index contributed by atoms with van der Waals surface area (Å²) in [5.74, 6) is 0.840. The Balaban J connectivity index is 1.60. The lowest BCUT2D eigenvalue weighted by Crippen LogP contribution is -2.37. The molecule has 0 radical (unpaired) electrons. The molecule has 0 saturated carbocycles. The summed E-state index contributed by atoms with van der Waals surface area (Å²) in [7, 11) is -3.80. The molecule has 1 N–H and O–H groups in total. The summed E-state index contributed by atoms with van der Waals surface area (Å²) < 4.78 is 33.8. The minimum Gasteiger partial charge on any atom is -0.491 e. The van der Waals surface area contributed by atoms with E-state index in [1.54, 1.807) is 0 Å². The number of halogens is 1. The van der Waals surface area contributed by atoms with Crippen LogP contribution in [0, 0.1) is 11.3 Å². The molecule has 2 aromatic rings. The van der Waals surface area contributed by atoms with E-state index in [4.69, 9.17) is 21.6 Å². The second-order valence-corrected chi connectivity index (χ2v) is 9.50. The van der Waals surface area contributed by atoms with Gasteiger partial charge in [-0.05, 0) is 56.2 Å². The molecule has 8 heteroatoms. The largest absolute Gasteiger partial charge is 0.491 e. The summed E-state index contributed by atoms with van der Waals surface area (Å²) in [5, 5.41) is 9.12. The molecule has 0 aliphatic carbocycles. The maximum atomic E-state index is 12.7. The van der Waals surface area contributed by atoms with Crippen molar-refractivity contribution in [1.29, 1.82) is 5.26 Å². The van der Waals surface area contributed by atoms with Gasteiger partial charge in [-0.3, -0.25) is 4.90 Å². The van der Waals surface area contributed by atoms with Gasteiger partial charge in [-0.1, -0.05) is 23.7 Å². The number of hydrogen-bond acceptors (Lipinski definition) is 5. The van der Waals surface area contributed by atoms with Gasteiger partial charge in [-0.2, -0.15) is 5.26 Å². The second-order valence-electron chi connectivity index (χ2n) is 7.41. The minimum absolute atomic E-state index is 0.0580. The average molecular weight is 434 g/mol. The number of rotatable bonds is 7. The van der Waals surface area contributed by atoms with Gasteiger partial charge in [0.2, 0.25) is 10.0 Å². The van der Waals surface area contributed by atoms with Crippen LogP contribution in [0.2, 0.25) is 5.02 Å². The zero-order valence-electron chi connectivity index (χ0n) is 16.4. The average Bonchev–Trinajstić information content (AvgIpc) is 3.09. The SMILES string of the molecule is CC(C)Oc1ccc(CN2CC[C@@H](NS(=O)(=O)c3cc(C#N)ccc3Cl)C2)cc1. The summed E-state index contributed by atoms with van der Waals surface area (Å²) in [6.07, 6.45) is 0.846. The van der Waals surface area contributed by atoms with E-state index in [-0.39, 0.29) is 27.6 Å². The monoisotopic (exact) mass is 433 g/mol. The number of nitrogens with one attached hydrogen (secondary N) is 1. The van der Waals surface area contributed by atoms with Crippen LogP contribution in [0.3, 0.4) is 0 Å². The Morgan fingerprint density at radius 1 is 1.28 bits per heavy atom. The van der Waals surface area contributed by atoms with Crippen LogP contribution in [0.1, 0.15) is 31.4 Å². The Labute approximate surface area is 177 Å². The summed E-state index contributed by atoms with van der Waals surface area (Å²) in [4.78, 5) is 2.15. The van der Waals surface area contributed by atoms with Gasteiger partial charge in [0.05, 0.1) is 22.8 Å². The lowest BCUT2D eigenvalue weighted by Gasteiger charge is -2.18. The van der Waals surface area contributed by atoms with E-state index in [0.29, 0.717) is 13.0 Å². The normalized spacial score (nSPS) is 17.4. The summed E-state index contributed by atoms with van der Waals surface area (Å²) >= 11 is 6.05. The van der Waals surface area contributed by atoms with Crippen molar-refractivity contribution in [3.8, 4) is 11.8 Å². The molecule has 1 fully saturated rings. The van der Waals surface area contributed by atoms with E-state index in [0.717, 1.165) is 24.4 Å². The highest BCUT2D eigenvalue weighted by atomic mass is 35.5. The van der Waals surface area contributed by atoms with Crippen molar-refractivity contribution in [2.24, 2.45) is 0 Å². The highest BCUT2D eigenvalue weighted by molar-refractivity contribution is 7.89. The predicted molar refractivity (Wildman–Crippen MR) is 112 cm³/mol. The van der Waals surface area contributed by atoms with Gasteiger partial charge in [0.15, 0.2) is 0 Å². The molecule has 0 unspecified atom stereocenters. The predicted octanol–water partition coefficient (Wildman–Crippen LogP) is 3.55. The van der Waals surface area contributed by atoms with Crippen molar-refractivity contribution < 1.29 is 13.2 Å². The van der Waals surface area contributed by atoms with Crippen LogP contribution in [0.4, 0.5) is 0 Å². The van der Waals surface area contributed by atoms with Crippen LogP contribution in [-0.4, -0.2) is 38.6 Å². The third-order valence-electron chi connectivity index (χ3n) is 4.65. The molecule has 0 bridgehead atoms. The molecule has 1 saturated heterocycles. The number of benzene rings is 2. The van der Waals surface area contributed by atoms with Crippen LogP contribution in [0.5, 0.6) is 5.75 Å². The van der Waals surface area contributed by atoms with Gasteiger partial charge in [-0.15, -0.1) is 0 Å². The van der Waals surface area contributed by atoms with Gasteiger partial charge < -0.3 is 4.74 Å². The van der Waals surface area contributed by atoms with E-state index in [1.807, 2.05) is 44.2 Å². The van der Waals surface area contributed by atoms with Crippen LogP contribution >= 0.6 is 11.6 Å². The zero-order chi connectivity index (χ0) is 21.0. The van der Waals surface area contributed by atoms with Gasteiger partial charge >= 0.3 is 0 Å². The highest BCUT2D eigenvalue weighted by Gasteiger charge is 2.28. The lowest BCUT2D eigenvalue weighted by atomic mass is 10.2. The molecule has 0 spiro atoms. The number of ether oxygens (including phenoxy) is 1. The molecule has 1 atom stereocenters. The maximum absolute atomic E-state index is 12.7. The number of sulfonamides is 1. The Bertz CT molecular complexity index is 1000. The van der Waals surface area contributed by atoms with Crippen molar-refractivity contribution >= 4 is 21.6 Å². The Morgan fingerprint density at radius 2 is 2.00 bits per heavy atom. The van der Waals surface area contributed by atoms with Gasteiger partial charge in [0.1, 0.15) is 10.6 Å². The summed E-state index contributed by atoms with van der Waals surface area (Å²) in [5.41, 5.74) is 1.40. The van der Waals surface area contributed by atoms with Crippen molar-refractivity contribution in [3.05, 3.63) is 58.6 Å². The van der Waals surface area contributed by atoms with Crippen molar-refractivity contribution in [2.75, 3.05) is 13.1 Å². The molecule has 1 aliphatic heterocycles. The molecule has 1 aliphatic rings. The fourth-order valence-corrected chi connectivity index (χ4v) is 5.13. The lowest BCUT2D eigenvalue weighted by molar-refractivity contribution is 0.242. The first-order valence-corrected chi connectivity index (χ1v) is 11.3. The fourth-order valence-electron chi connectivity index (χ4n) is 3.34. The minimum atomic E-state index is -3.80. The van der Waals surface area contributed by atoms with Gasteiger partial charge in [0.25, 0.3) is 0 Å². The second kappa shape index (κ2) is 9.14. The zero-order valence-corrected chi connectivity index (χ0v) is 18.0. The molecule has 6 nitrogen and oxygen atoms in total. The highest BCUT2D eigenvalue weighted by Crippen LogP contribution is 2.24. The summed E-state index contributed by atoms with van der Waals surface area (Å²) in [6.45, 7) is 6.12. The topological polar surface area (TPSA) is 82.4 Å². The Hall–Kier alpha value is -2.11. The van der Waals surface area contributed by atoms with Crippen molar-refractivity contribution in [1.82, 2.24) is 9.62 Å². The summed E-state index contributed by atoms with van der Waals surface area (Å²) in [6, 6.07) is 13.9. The number of likely N-dealkylation sites (tertiary alicyclic amines) is 1. The third kappa shape index (κ3) is 5.71. The molecular formula is C21H24ClN3O3S. The molecule has 1 heterocycles. The first kappa shape index (κ1) is 21.6. The van der Waals surface area contributed by atoms with E-state index in [2.05, 4.69) is 9.62 Å². The quantitative estimate of drug-likeness (QED) is 0.721. The standard InChI is InChI=1S/C21H24ClN3O3S/c1-15(2)28-19-6-3-16(4-7-19)13-25-10-9-18(14-25)24-29(26,27)21-11-17(12-23)5-8-20(21)22/h3-8,11,15,18,24H,9-10,13-14H2,1-2H3/t18-/m1/s1. The van der Waals surface area contributed by atoms with Crippen molar-refractivity contribution in [3.63, 3.8) is 0 Å². The molecule has 29 heavy (non-hydrogen) atoms. The van der Waals surface area contributed by atoms with E-state index in [9.17, 15) is 8.42 Å². The van der Waals surface area contributed by atoms with Gasteiger partial charge in [0, 0.05) is 25.7 Å². The van der Waals surface area contributed by atoms with E-state index in [1.165, 1.54) is 18.2 Å². The molecule has 0 aromatic heterocycles. The van der Waals surface area contributed by atoms with Crippen LogP contribution in [-0.2, 0) is 16.6 Å². The molecule has 3 rings (SSSR count). The van der Waals surface area contributed by atoms with Crippen molar-refractivity contribution in [2.45, 2.75) is 43.9 Å². The number of nitriles is 1. The van der Waals surface area contributed by atoms with Gasteiger partial charge in [-0.25, -0.2) is 13.1 Å². The van der Waals surface area contributed by atoms with E-state index >= 15 is 0 Å².